The fourth-order valence-electron chi connectivity index (χ4n) is 1.20. The van der Waals surface area contributed by atoms with Gasteiger partial charge in [-0.05, 0) is 24.6 Å². The number of hydrogen-bond donors (Lipinski definition) is 3. The topological polar surface area (TPSA) is 67.2 Å². The second kappa shape index (κ2) is 5.79. The van der Waals surface area contributed by atoms with Crippen LogP contribution in [0.4, 0.5) is 10.5 Å². The zero-order chi connectivity index (χ0) is 12.0. The number of nitrogens with one attached hydrogen (secondary N) is 2. The smallest absolute Gasteiger partial charge is 0.319 e. The summed E-state index contributed by atoms with van der Waals surface area (Å²) < 4.78 is 0. The lowest BCUT2D eigenvalue weighted by Gasteiger charge is -2.07. The molecule has 0 aromatic heterocycles. The molecule has 0 saturated heterocycles. The molecule has 0 fully saturated rings. The Morgan fingerprint density at radius 2 is 2.25 bits per heavy atom. The van der Waals surface area contributed by atoms with Gasteiger partial charge in [0.1, 0.15) is 0 Å². The fourth-order valence-corrected chi connectivity index (χ4v) is 1.20. The summed E-state index contributed by atoms with van der Waals surface area (Å²) in [5, 5.41) is 5.21. The third kappa shape index (κ3) is 3.30. The van der Waals surface area contributed by atoms with Crippen LogP contribution in [0.5, 0.6) is 0 Å². The van der Waals surface area contributed by atoms with Crippen LogP contribution in [0.15, 0.2) is 18.2 Å². The molecule has 0 radical (unpaired) electrons. The highest BCUT2D eigenvalue weighted by molar-refractivity contribution is 5.90. The second-order valence-electron chi connectivity index (χ2n) is 3.26. The number of carbonyl (C=O) groups is 1. The Balaban J connectivity index is 3.03. The van der Waals surface area contributed by atoms with Crippen molar-refractivity contribution < 1.29 is 4.79 Å². The molecule has 0 spiro atoms. The van der Waals surface area contributed by atoms with Crippen molar-refractivity contribution in [1.82, 2.24) is 5.32 Å². The van der Waals surface area contributed by atoms with E-state index in [9.17, 15) is 4.79 Å². The van der Waals surface area contributed by atoms with Gasteiger partial charge in [0.25, 0.3) is 0 Å². The number of benzene rings is 1. The van der Waals surface area contributed by atoms with Crippen molar-refractivity contribution in [2.24, 2.45) is 5.73 Å². The van der Waals surface area contributed by atoms with Crippen molar-refractivity contribution >= 4 is 11.7 Å². The number of urea groups is 1. The largest absolute Gasteiger partial charge is 0.341 e. The first-order chi connectivity index (χ1) is 7.67. The third-order valence-electron chi connectivity index (χ3n) is 1.98. The highest BCUT2D eigenvalue weighted by Crippen LogP contribution is 2.16. The van der Waals surface area contributed by atoms with Gasteiger partial charge in [-0.15, -0.1) is 0 Å². The van der Waals surface area contributed by atoms with Crippen LogP contribution in [0.1, 0.15) is 11.1 Å². The molecule has 0 aliphatic rings. The van der Waals surface area contributed by atoms with Gasteiger partial charge in [0.2, 0.25) is 0 Å². The molecule has 16 heavy (non-hydrogen) atoms. The van der Waals surface area contributed by atoms with Gasteiger partial charge in [-0.1, -0.05) is 17.9 Å². The van der Waals surface area contributed by atoms with E-state index in [0.717, 1.165) is 11.1 Å². The Kier molecular flexibility index (Phi) is 4.37. The predicted octanol–water partition coefficient (Wildman–Crippen LogP) is 1.06. The molecule has 0 heterocycles. The fraction of sp³-hybridized carbons (Fsp3) is 0.250. The van der Waals surface area contributed by atoms with Gasteiger partial charge in [0.15, 0.2) is 0 Å². The molecule has 0 atom stereocenters. The number of nitrogens with two attached hydrogens (primary N) is 1. The molecule has 4 N–H and O–H groups in total. The van der Waals surface area contributed by atoms with Crippen molar-refractivity contribution in [2.75, 3.05) is 18.9 Å². The zero-order valence-electron chi connectivity index (χ0n) is 9.42. The molecule has 84 valence electrons. The van der Waals surface area contributed by atoms with Crippen molar-refractivity contribution in [3.8, 4) is 11.8 Å². The molecule has 4 heteroatoms. The van der Waals surface area contributed by atoms with E-state index in [4.69, 9.17) is 5.73 Å². The number of hydrogen-bond acceptors (Lipinski definition) is 2. The predicted molar refractivity (Wildman–Crippen MR) is 65.2 cm³/mol. The van der Waals surface area contributed by atoms with Crippen LogP contribution in [0.3, 0.4) is 0 Å². The number of amides is 2. The van der Waals surface area contributed by atoms with Crippen molar-refractivity contribution in [2.45, 2.75) is 6.92 Å². The van der Waals surface area contributed by atoms with Crippen LogP contribution in [0.25, 0.3) is 0 Å². The van der Waals surface area contributed by atoms with Gasteiger partial charge >= 0.3 is 6.03 Å². The summed E-state index contributed by atoms with van der Waals surface area (Å²) in [6.07, 6.45) is 0. The minimum Gasteiger partial charge on any atom is -0.341 e. The van der Waals surface area contributed by atoms with E-state index in [0.29, 0.717) is 12.2 Å². The van der Waals surface area contributed by atoms with Gasteiger partial charge in [0, 0.05) is 12.6 Å². The van der Waals surface area contributed by atoms with E-state index in [1.165, 1.54) is 0 Å². The average molecular weight is 217 g/mol. The van der Waals surface area contributed by atoms with Gasteiger partial charge in [-0.3, -0.25) is 0 Å². The number of aryl methyl sites for hydroxylation is 1. The summed E-state index contributed by atoms with van der Waals surface area (Å²) in [7, 11) is 1.57. The lowest BCUT2D eigenvalue weighted by atomic mass is 10.1. The first kappa shape index (κ1) is 12.1. The maximum atomic E-state index is 11.2. The van der Waals surface area contributed by atoms with Crippen LogP contribution in [-0.4, -0.2) is 19.6 Å². The highest BCUT2D eigenvalue weighted by atomic mass is 16.2. The highest BCUT2D eigenvalue weighted by Gasteiger charge is 2.03. The number of carbonyl (C=O) groups excluding carboxylic acids is 1. The molecule has 4 nitrogen and oxygen atoms in total. The monoisotopic (exact) mass is 217 g/mol. The van der Waals surface area contributed by atoms with E-state index in [1.54, 1.807) is 7.05 Å². The molecular formula is C12H15N3O. The SMILES string of the molecule is CNC(=O)Nc1cc(C)ccc1C#CCN. The molecule has 0 saturated carbocycles. The Bertz CT molecular complexity index is 443. The standard InChI is InChI=1S/C12H15N3O/c1-9-5-6-10(4-3-7-13)11(8-9)15-12(16)14-2/h5-6,8H,7,13H2,1-2H3,(H2,14,15,16). The Labute approximate surface area is 95.2 Å². The van der Waals surface area contributed by atoms with E-state index in [2.05, 4.69) is 22.5 Å². The van der Waals surface area contributed by atoms with Crippen LogP contribution < -0.4 is 16.4 Å². The maximum Gasteiger partial charge on any atom is 0.319 e. The summed E-state index contributed by atoms with van der Waals surface area (Å²) in [5.74, 6) is 5.67. The molecule has 1 rings (SSSR count). The summed E-state index contributed by atoms with van der Waals surface area (Å²) in [4.78, 5) is 11.2. The van der Waals surface area contributed by atoms with E-state index in [-0.39, 0.29) is 6.03 Å². The van der Waals surface area contributed by atoms with Gasteiger partial charge < -0.3 is 16.4 Å². The van der Waals surface area contributed by atoms with E-state index in [1.807, 2.05) is 25.1 Å². The summed E-state index contributed by atoms with van der Waals surface area (Å²) in [6, 6.07) is 5.41. The molecule has 2 amide bonds. The van der Waals surface area contributed by atoms with Crippen molar-refractivity contribution in [1.29, 1.82) is 0 Å². The van der Waals surface area contributed by atoms with Gasteiger partial charge in [-0.2, -0.15) is 0 Å². The quantitative estimate of drug-likeness (QED) is 0.616. The van der Waals surface area contributed by atoms with E-state index < -0.39 is 0 Å². The van der Waals surface area contributed by atoms with E-state index >= 15 is 0 Å². The lowest BCUT2D eigenvalue weighted by Crippen LogP contribution is -2.24. The Hall–Kier alpha value is -1.99. The molecule has 1 aromatic rings. The Morgan fingerprint density at radius 3 is 2.88 bits per heavy atom. The number of rotatable bonds is 1. The third-order valence-corrected chi connectivity index (χ3v) is 1.98. The van der Waals surface area contributed by atoms with Gasteiger partial charge in [-0.25, -0.2) is 4.79 Å². The molecule has 0 unspecified atom stereocenters. The van der Waals surface area contributed by atoms with Crippen molar-refractivity contribution in [3.63, 3.8) is 0 Å². The molecule has 0 aliphatic heterocycles. The second-order valence-corrected chi connectivity index (χ2v) is 3.26. The number of anilines is 1. The normalized spacial score (nSPS) is 8.94. The van der Waals surface area contributed by atoms with Gasteiger partial charge in [0.05, 0.1) is 12.2 Å². The van der Waals surface area contributed by atoms with Crippen LogP contribution in [0, 0.1) is 18.8 Å². The maximum absolute atomic E-state index is 11.2. The summed E-state index contributed by atoms with van der Waals surface area (Å²) in [5.41, 5.74) is 7.83. The molecule has 0 bridgehead atoms. The van der Waals surface area contributed by atoms with Crippen LogP contribution >= 0.6 is 0 Å². The van der Waals surface area contributed by atoms with Crippen LogP contribution in [0.2, 0.25) is 0 Å². The average Bonchev–Trinajstić information content (AvgIpc) is 2.28. The lowest BCUT2D eigenvalue weighted by molar-refractivity contribution is 0.254. The Morgan fingerprint density at radius 1 is 1.50 bits per heavy atom. The molecule has 0 aliphatic carbocycles. The first-order valence-corrected chi connectivity index (χ1v) is 4.95. The summed E-state index contributed by atoms with van der Waals surface area (Å²) in [6.45, 7) is 2.25. The molecular weight excluding hydrogens is 202 g/mol. The molecule has 1 aromatic carbocycles. The van der Waals surface area contributed by atoms with Crippen molar-refractivity contribution in [3.05, 3.63) is 29.3 Å². The minimum absolute atomic E-state index is 0.263. The summed E-state index contributed by atoms with van der Waals surface area (Å²) >= 11 is 0. The first-order valence-electron chi connectivity index (χ1n) is 4.95. The zero-order valence-corrected chi connectivity index (χ0v) is 9.42. The minimum atomic E-state index is -0.263. The van der Waals surface area contributed by atoms with Crippen LogP contribution in [-0.2, 0) is 0 Å².